The van der Waals surface area contributed by atoms with Crippen LogP contribution in [0.4, 0.5) is 0 Å². The van der Waals surface area contributed by atoms with Crippen LogP contribution in [0.1, 0.15) is 10.4 Å². The highest BCUT2D eigenvalue weighted by molar-refractivity contribution is 14.1. The number of halogens is 1. The number of hydrogen-bond acceptors (Lipinski definition) is 3. The van der Waals surface area contributed by atoms with Crippen molar-refractivity contribution in [2.75, 3.05) is 33.3 Å². The molecule has 0 bridgehead atoms. The Kier molecular flexibility index (Phi) is 4.96. The van der Waals surface area contributed by atoms with Crippen molar-refractivity contribution in [3.63, 3.8) is 0 Å². The van der Waals surface area contributed by atoms with Crippen LogP contribution in [0.15, 0.2) is 24.3 Å². The van der Waals surface area contributed by atoms with E-state index < -0.39 is 0 Å². The van der Waals surface area contributed by atoms with Crippen molar-refractivity contribution in [3.05, 3.63) is 33.4 Å². The van der Waals surface area contributed by atoms with E-state index in [1.54, 1.807) is 4.90 Å². The molecule has 1 heterocycles. The quantitative estimate of drug-likeness (QED) is 0.828. The largest absolute Gasteiger partial charge is 0.374 e. The van der Waals surface area contributed by atoms with Crippen LogP contribution in [0.2, 0.25) is 0 Å². The first-order valence-electron chi connectivity index (χ1n) is 6.00. The minimum Gasteiger partial charge on any atom is -0.374 e. The molecule has 1 amide bonds. The van der Waals surface area contributed by atoms with Crippen molar-refractivity contribution < 1.29 is 9.53 Å². The van der Waals surface area contributed by atoms with Gasteiger partial charge in [0.1, 0.15) is 0 Å². The molecule has 1 aromatic carbocycles. The summed E-state index contributed by atoms with van der Waals surface area (Å²) in [6, 6.07) is 7.61. The first-order chi connectivity index (χ1) is 8.66. The summed E-state index contributed by atoms with van der Waals surface area (Å²) in [4.78, 5) is 13.9. The molecule has 98 valence electrons. The van der Waals surface area contributed by atoms with Crippen LogP contribution in [0.25, 0.3) is 0 Å². The number of carbonyl (C=O) groups excluding carboxylic acids is 1. The summed E-state index contributed by atoms with van der Waals surface area (Å²) in [5.74, 6) is 0.0422. The third-order valence-corrected chi connectivity index (χ3v) is 3.64. The fourth-order valence-corrected chi connectivity index (χ4v) is 2.30. The normalized spacial score (nSPS) is 19.6. The SMILES string of the molecule is CN(CC1CNCCO1)C(=O)c1ccc(I)cc1. The molecule has 0 spiro atoms. The molecule has 4 nitrogen and oxygen atoms in total. The maximum Gasteiger partial charge on any atom is 0.253 e. The van der Waals surface area contributed by atoms with E-state index in [9.17, 15) is 4.79 Å². The van der Waals surface area contributed by atoms with Gasteiger partial charge >= 0.3 is 0 Å². The molecule has 1 saturated heterocycles. The Labute approximate surface area is 121 Å². The summed E-state index contributed by atoms with van der Waals surface area (Å²) in [6.45, 7) is 3.05. The topological polar surface area (TPSA) is 41.6 Å². The van der Waals surface area contributed by atoms with Crippen LogP contribution < -0.4 is 5.32 Å². The van der Waals surface area contributed by atoms with Crippen LogP contribution in [-0.2, 0) is 4.74 Å². The predicted molar refractivity (Wildman–Crippen MR) is 78.7 cm³/mol. The third-order valence-electron chi connectivity index (χ3n) is 2.92. The lowest BCUT2D eigenvalue weighted by Gasteiger charge is -2.28. The number of nitrogens with zero attached hydrogens (tertiary/aromatic N) is 1. The molecule has 1 N–H and O–H groups in total. The number of benzene rings is 1. The average Bonchev–Trinajstić information content (AvgIpc) is 2.40. The van der Waals surface area contributed by atoms with E-state index in [1.807, 2.05) is 31.3 Å². The van der Waals surface area contributed by atoms with Crippen molar-refractivity contribution in [2.24, 2.45) is 0 Å². The van der Waals surface area contributed by atoms with Gasteiger partial charge in [-0.05, 0) is 46.9 Å². The van der Waals surface area contributed by atoms with Gasteiger partial charge in [-0.15, -0.1) is 0 Å². The third kappa shape index (κ3) is 3.66. The van der Waals surface area contributed by atoms with Crippen molar-refractivity contribution in [1.82, 2.24) is 10.2 Å². The second-order valence-corrected chi connectivity index (χ2v) is 5.64. The van der Waals surface area contributed by atoms with Crippen molar-refractivity contribution >= 4 is 28.5 Å². The van der Waals surface area contributed by atoms with E-state index in [4.69, 9.17) is 4.74 Å². The van der Waals surface area contributed by atoms with Crippen molar-refractivity contribution in [2.45, 2.75) is 6.10 Å². The zero-order valence-corrected chi connectivity index (χ0v) is 12.5. The first-order valence-corrected chi connectivity index (χ1v) is 7.08. The molecule has 1 unspecified atom stereocenters. The summed E-state index contributed by atoms with van der Waals surface area (Å²) >= 11 is 2.23. The van der Waals surface area contributed by atoms with E-state index >= 15 is 0 Å². The summed E-state index contributed by atoms with van der Waals surface area (Å²) in [6.07, 6.45) is 0.0940. The number of nitrogens with one attached hydrogen (secondary N) is 1. The van der Waals surface area contributed by atoms with Gasteiger partial charge in [-0.25, -0.2) is 0 Å². The van der Waals surface area contributed by atoms with Crippen LogP contribution >= 0.6 is 22.6 Å². The fourth-order valence-electron chi connectivity index (χ4n) is 1.94. The molecule has 1 aliphatic rings. The van der Waals surface area contributed by atoms with Crippen LogP contribution in [0, 0.1) is 3.57 Å². The number of ether oxygens (including phenoxy) is 1. The highest BCUT2D eigenvalue weighted by Crippen LogP contribution is 2.09. The number of morpholine rings is 1. The molecule has 1 aromatic rings. The molecular formula is C13H17IN2O2. The highest BCUT2D eigenvalue weighted by Gasteiger charge is 2.19. The summed E-state index contributed by atoms with van der Waals surface area (Å²) in [5.41, 5.74) is 0.724. The first kappa shape index (κ1) is 13.8. The van der Waals surface area contributed by atoms with E-state index in [2.05, 4.69) is 27.9 Å². The smallest absolute Gasteiger partial charge is 0.253 e. The monoisotopic (exact) mass is 360 g/mol. The molecule has 0 saturated carbocycles. The van der Waals surface area contributed by atoms with Gasteiger partial charge in [0.05, 0.1) is 12.7 Å². The zero-order chi connectivity index (χ0) is 13.0. The van der Waals surface area contributed by atoms with Gasteiger partial charge in [-0.2, -0.15) is 0 Å². The Hall–Kier alpha value is -0.660. The molecular weight excluding hydrogens is 343 g/mol. The lowest BCUT2D eigenvalue weighted by Crippen LogP contribution is -2.45. The van der Waals surface area contributed by atoms with E-state index in [-0.39, 0.29) is 12.0 Å². The number of likely N-dealkylation sites (N-methyl/N-ethyl adjacent to an activating group) is 1. The minimum absolute atomic E-state index is 0.0422. The Balaban J connectivity index is 1.93. The van der Waals surface area contributed by atoms with E-state index in [0.717, 1.165) is 28.8 Å². The van der Waals surface area contributed by atoms with Crippen LogP contribution in [0.5, 0.6) is 0 Å². The Morgan fingerprint density at radius 3 is 2.83 bits per heavy atom. The molecule has 1 atom stereocenters. The fraction of sp³-hybridized carbons (Fsp3) is 0.462. The number of hydrogen-bond donors (Lipinski definition) is 1. The van der Waals surface area contributed by atoms with Gasteiger partial charge < -0.3 is 15.0 Å². The maximum absolute atomic E-state index is 12.2. The lowest BCUT2D eigenvalue weighted by molar-refractivity contribution is 0.0104. The van der Waals surface area contributed by atoms with E-state index in [0.29, 0.717) is 6.54 Å². The molecule has 0 aliphatic carbocycles. The van der Waals surface area contributed by atoms with Crippen LogP contribution in [-0.4, -0.2) is 50.2 Å². The number of amides is 1. The molecule has 0 radical (unpaired) electrons. The van der Waals surface area contributed by atoms with Gasteiger partial charge in [0.2, 0.25) is 0 Å². The van der Waals surface area contributed by atoms with Crippen LogP contribution in [0.3, 0.4) is 0 Å². The minimum atomic E-state index is 0.0422. The van der Waals surface area contributed by atoms with Gasteiger partial charge in [-0.3, -0.25) is 4.79 Å². The predicted octanol–water partition coefficient (Wildman–Crippen LogP) is 1.35. The second-order valence-electron chi connectivity index (χ2n) is 4.39. The van der Waals surface area contributed by atoms with Crippen molar-refractivity contribution in [3.8, 4) is 0 Å². The van der Waals surface area contributed by atoms with Crippen molar-refractivity contribution in [1.29, 1.82) is 0 Å². The van der Waals surface area contributed by atoms with Gasteiger partial charge in [0.15, 0.2) is 0 Å². The summed E-state index contributed by atoms with van der Waals surface area (Å²) < 4.78 is 6.73. The highest BCUT2D eigenvalue weighted by atomic mass is 127. The van der Waals surface area contributed by atoms with E-state index in [1.165, 1.54) is 0 Å². The second kappa shape index (κ2) is 6.49. The Morgan fingerprint density at radius 2 is 2.22 bits per heavy atom. The molecule has 1 fully saturated rings. The molecule has 2 rings (SSSR count). The number of rotatable bonds is 3. The summed E-state index contributed by atoms with van der Waals surface area (Å²) in [5, 5.41) is 3.26. The molecule has 18 heavy (non-hydrogen) atoms. The number of carbonyl (C=O) groups is 1. The maximum atomic E-state index is 12.2. The van der Waals surface area contributed by atoms with Gasteiger partial charge in [0.25, 0.3) is 5.91 Å². The summed E-state index contributed by atoms with van der Waals surface area (Å²) in [7, 11) is 1.82. The Morgan fingerprint density at radius 1 is 1.50 bits per heavy atom. The van der Waals surface area contributed by atoms with Gasteiger partial charge in [-0.1, -0.05) is 0 Å². The lowest BCUT2D eigenvalue weighted by atomic mass is 10.2. The zero-order valence-electron chi connectivity index (χ0n) is 10.4. The molecule has 1 aliphatic heterocycles. The van der Waals surface area contributed by atoms with Gasteiger partial charge in [0, 0.05) is 35.8 Å². The molecule has 5 heteroatoms. The molecule has 0 aromatic heterocycles. The standard InChI is InChI=1S/C13H17IN2O2/c1-16(9-12-8-15-6-7-18-12)13(17)10-2-4-11(14)5-3-10/h2-5,12,15H,6-9H2,1H3. The Bertz CT molecular complexity index is 402. The average molecular weight is 360 g/mol.